The van der Waals surface area contributed by atoms with Crippen LogP contribution in [0.2, 0.25) is 0 Å². The molecule has 1 heterocycles. The average Bonchev–Trinajstić information content (AvgIpc) is 3.05. The summed E-state index contributed by atoms with van der Waals surface area (Å²) in [5.74, 6) is -1.48. The number of halogens is 1. The number of nitrogens with one attached hydrogen (secondary N) is 2. The highest BCUT2D eigenvalue weighted by Crippen LogP contribution is 2.33. The minimum atomic E-state index is -1.33. The Morgan fingerprint density at radius 2 is 1.62 bits per heavy atom. The first kappa shape index (κ1) is 21.2. The molecule has 0 saturated carbocycles. The fourth-order valence-electron chi connectivity index (χ4n) is 3.94. The number of hydrogen-bond acceptors (Lipinski definition) is 3. The smallest absolute Gasteiger partial charge is 0.324 e. The summed E-state index contributed by atoms with van der Waals surface area (Å²) in [6.45, 7) is 1.32. The number of amides is 4. The molecule has 0 aliphatic carbocycles. The fraction of sp³-hybridized carbons (Fsp3) is 0.160. The molecular formula is C25H22FN3O3. The van der Waals surface area contributed by atoms with Crippen LogP contribution in [-0.2, 0) is 15.1 Å². The van der Waals surface area contributed by atoms with E-state index >= 15 is 0 Å². The third-order valence-corrected chi connectivity index (χ3v) is 5.63. The van der Waals surface area contributed by atoms with Crippen LogP contribution in [0.5, 0.6) is 0 Å². The van der Waals surface area contributed by atoms with Gasteiger partial charge in [0.25, 0.3) is 5.91 Å². The van der Waals surface area contributed by atoms with Crippen LogP contribution in [0.25, 0.3) is 11.1 Å². The second-order valence-corrected chi connectivity index (χ2v) is 7.55. The van der Waals surface area contributed by atoms with Crippen molar-refractivity contribution in [2.24, 2.45) is 0 Å². The SMILES string of the molecule is CCC1(c2ccc(F)cc2)NC(=O)N(CC(=O)Nc2ccccc2-c2ccccc2)C1=O. The van der Waals surface area contributed by atoms with E-state index in [1.165, 1.54) is 24.3 Å². The lowest BCUT2D eigenvalue weighted by molar-refractivity contribution is -0.134. The molecule has 0 radical (unpaired) electrons. The van der Waals surface area contributed by atoms with Crippen LogP contribution in [0, 0.1) is 5.82 Å². The first-order valence-electron chi connectivity index (χ1n) is 10.3. The number of hydrogen-bond donors (Lipinski definition) is 2. The van der Waals surface area contributed by atoms with Gasteiger partial charge in [0.05, 0.1) is 0 Å². The van der Waals surface area contributed by atoms with Crippen molar-refractivity contribution in [1.82, 2.24) is 10.2 Å². The molecule has 0 spiro atoms. The highest BCUT2D eigenvalue weighted by molar-refractivity contribution is 6.10. The van der Waals surface area contributed by atoms with Gasteiger partial charge < -0.3 is 10.6 Å². The van der Waals surface area contributed by atoms with E-state index < -0.39 is 35.7 Å². The van der Waals surface area contributed by atoms with Crippen LogP contribution >= 0.6 is 0 Å². The molecule has 1 atom stereocenters. The Balaban J connectivity index is 1.54. The van der Waals surface area contributed by atoms with E-state index in [9.17, 15) is 18.8 Å². The molecule has 0 aromatic heterocycles. The zero-order chi connectivity index (χ0) is 22.7. The minimum absolute atomic E-state index is 0.262. The van der Waals surface area contributed by atoms with Crippen molar-refractivity contribution < 1.29 is 18.8 Å². The van der Waals surface area contributed by atoms with Crippen LogP contribution in [0.1, 0.15) is 18.9 Å². The summed E-state index contributed by atoms with van der Waals surface area (Å²) in [6, 6.07) is 21.6. The maximum atomic E-state index is 13.4. The predicted octanol–water partition coefficient (Wildman–Crippen LogP) is 4.29. The number of para-hydroxylation sites is 1. The summed E-state index contributed by atoms with van der Waals surface area (Å²) in [5.41, 5.74) is 1.48. The zero-order valence-electron chi connectivity index (χ0n) is 17.5. The van der Waals surface area contributed by atoms with Crippen LogP contribution in [0.4, 0.5) is 14.9 Å². The van der Waals surface area contributed by atoms with Gasteiger partial charge in [-0.05, 0) is 35.7 Å². The number of rotatable bonds is 6. The maximum absolute atomic E-state index is 13.4. The maximum Gasteiger partial charge on any atom is 0.325 e. The number of carbonyl (C=O) groups is 3. The van der Waals surface area contributed by atoms with Crippen molar-refractivity contribution in [3.63, 3.8) is 0 Å². The minimum Gasteiger partial charge on any atom is -0.324 e. The van der Waals surface area contributed by atoms with Gasteiger partial charge in [-0.25, -0.2) is 9.18 Å². The van der Waals surface area contributed by atoms with E-state index in [0.717, 1.165) is 16.0 Å². The second kappa shape index (κ2) is 8.63. The Labute approximate surface area is 185 Å². The summed E-state index contributed by atoms with van der Waals surface area (Å²) in [7, 11) is 0. The topological polar surface area (TPSA) is 78.5 Å². The normalized spacial score (nSPS) is 17.9. The molecular weight excluding hydrogens is 409 g/mol. The van der Waals surface area contributed by atoms with E-state index in [4.69, 9.17) is 0 Å². The van der Waals surface area contributed by atoms with E-state index in [0.29, 0.717) is 11.3 Å². The van der Waals surface area contributed by atoms with Gasteiger partial charge in [0, 0.05) is 11.3 Å². The van der Waals surface area contributed by atoms with E-state index in [2.05, 4.69) is 10.6 Å². The monoisotopic (exact) mass is 431 g/mol. The molecule has 162 valence electrons. The van der Waals surface area contributed by atoms with E-state index in [-0.39, 0.29) is 6.42 Å². The van der Waals surface area contributed by atoms with Crippen molar-refractivity contribution >= 4 is 23.5 Å². The molecule has 1 unspecified atom stereocenters. The van der Waals surface area contributed by atoms with Gasteiger partial charge in [-0.15, -0.1) is 0 Å². The molecule has 4 rings (SSSR count). The Hall–Kier alpha value is -4.00. The standard InChI is InChI=1S/C25H22FN3O3/c1-2-25(18-12-14-19(26)15-13-18)23(31)29(24(32)28-25)16-22(30)27-21-11-7-6-10-20(21)17-8-4-3-5-9-17/h3-15H,2,16H2,1H3,(H,27,30)(H,28,32). The summed E-state index contributed by atoms with van der Waals surface area (Å²) < 4.78 is 13.4. The number of anilines is 1. The van der Waals surface area contributed by atoms with Crippen LogP contribution in [0.3, 0.4) is 0 Å². The van der Waals surface area contributed by atoms with E-state index in [1.807, 2.05) is 42.5 Å². The largest absolute Gasteiger partial charge is 0.325 e. The number of benzene rings is 3. The van der Waals surface area contributed by atoms with Gasteiger partial charge in [-0.1, -0.05) is 67.6 Å². The van der Waals surface area contributed by atoms with Crippen molar-refractivity contribution in [1.29, 1.82) is 0 Å². The molecule has 3 aromatic carbocycles. The van der Waals surface area contributed by atoms with Gasteiger partial charge in [-0.3, -0.25) is 14.5 Å². The molecule has 4 amide bonds. The molecule has 1 saturated heterocycles. The second-order valence-electron chi connectivity index (χ2n) is 7.55. The van der Waals surface area contributed by atoms with Gasteiger partial charge in [0.2, 0.25) is 5.91 Å². The quantitative estimate of drug-likeness (QED) is 0.572. The van der Waals surface area contributed by atoms with Crippen molar-refractivity contribution in [3.05, 3.63) is 90.2 Å². The third kappa shape index (κ3) is 3.85. The lowest BCUT2D eigenvalue weighted by Gasteiger charge is -2.25. The molecule has 1 aliphatic rings. The van der Waals surface area contributed by atoms with Gasteiger partial charge in [0.1, 0.15) is 17.9 Å². The highest BCUT2D eigenvalue weighted by Gasteiger charge is 2.51. The first-order valence-corrected chi connectivity index (χ1v) is 10.3. The first-order chi connectivity index (χ1) is 15.4. The molecule has 2 N–H and O–H groups in total. The third-order valence-electron chi connectivity index (χ3n) is 5.63. The summed E-state index contributed by atoms with van der Waals surface area (Å²) >= 11 is 0. The van der Waals surface area contributed by atoms with Gasteiger partial charge in [0.15, 0.2) is 0 Å². The van der Waals surface area contributed by atoms with Crippen molar-refractivity contribution in [2.75, 3.05) is 11.9 Å². The lowest BCUT2D eigenvalue weighted by atomic mass is 9.87. The molecule has 1 aliphatic heterocycles. The van der Waals surface area contributed by atoms with Crippen molar-refractivity contribution in [3.8, 4) is 11.1 Å². The van der Waals surface area contributed by atoms with Gasteiger partial charge in [-0.2, -0.15) is 0 Å². The van der Waals surface area contributed by atoms with Crippen LogP contribution < -0.4 is 10.6 Å². The summed E-state index contributed by atoms with van der Waals surface area (Å²) in [5, 5.41) is 5.50. The van der Waals surface area contributed by atoms with Crippen molar-refractivity contribution in [2.45, 2.75) is 18.9 Å². The highest BCUT2D eigenvalue weighted by atomic mass is 19.1. The lowest BCUT2D eigenvalue weighted by Crippen LogP contribution is -2.44. The Bertz CT molecular complexity index is 1160. The van der Waals surface area contributed by atoms with Gasteiger partial charge >= 0.3 is 6.03 Å². The number of carbonyl (C=O) groups excluding carboxylic acids is 3. The number of nitrogens with zero attached hydrogens (tertiary/aromatic N) is 1. The summed E-state index contributed by atoms with van der Waals surface area (Å²) in [6.07, 6.45) is 0.262. The average molecular weight is 431 g/mol. The molecule has 3 aromatic rings. The molecule has 0 bridgehead atoms. The molecule has 1 fully saturated rings. The summed E-state index contributed by atoms with van der Waals surface area (Å²) in [4.78, 5) is 39.5. The number of imide groups is 1. The van der Waals surface area contributed by atoms with Crippen LogP contribution in [0.15, 0.2) is 78.9 Å². The fourth-order valence-corrected chi connectivity index (χ4v) is 3.94. The Morgan fingerprint density at radius 3 is 2.31 bits per heavy atom. The van der Waals surface area contributed by atoms with E-state index in [1.54, 1.807) is 19.1 Å². The zero-order valence-corrected chi connectivity index (χ0v) is 17.5. The van der Waals surface area contributed by atoms with Crippen LogP contribution in [-0.4, -0.2) is 29.3 Å². The Kier molecular flexibility index (Phi) is 5.73. The predicted molar refractivity (Wildman–Crippen MR) is 119 cm³/mol. The number of urea groups is 1. The molecule has 7 heteroatoms. The molecule has 32 heavy (non-hydrogen) atoms. The molecule has 6 nitrogen and oxygen atoms in total. The Morgan fingerprint density at radius 1 is 0.969 bits per heavy atom.